The predicted molar refractivity (Wildman–Crippen MR) is 69.2 cm³/mol. The van der Waals surface area contributed by atoms with E-state index in [1.165, 1.54) is 12.1 Å². The molecule has 0 aliphatic carbocycles. The Balaban J connectivity index is 1.75. The normalized spacial score (nSPS) is 28.5. The molecule has 1 heterocycles. The first-order chi connectivity index (χ1) is 9.06. The van der Waals surface area contributed by atoms with Crippen molar-refractivity contribution < 1.29 is 19.7 Å². The molecule has 0 bridgehead atoms. The molecule has 1 aliphatic heterocycles. The first kappa shape index (κ1) is 14.4. The molecule has 3 N–H and O–H groups in total. The van der Waals surface area contributed by atoms with Crippen LogP contribution in [0, 0.1) is 5.82 Å². The second-order valence-electron chi connectivity index (χ2n) is 5.11. The third-order valence-corrected chi connectivity index (χ3v) is 3.53. The maximum Gasteiger partial charge on any atom is 0.123 e. The number of benzene rings is 1. The molecule has 1 aliphatic rings. The first-order valence-corrected chi connectivity index (χ1v) is 6.57. The van der Waals surface area contributed by atoms with Crippen LogP contribution in [0.2, 0.25) is 0 Å². The second kappa shape index (κ2) is 6.43. The molecule has 1 fully saturated rings. The summed E-state index contributed by atoms with van der Waals surface area (Å²) in [6.07, 6.45) is -1.15. The van der Waals surface area contributed by atoms with Crippen molar-refractivity contribution in [1.82, 2.24) is 4.90 Å². The molecule has 1 aromatic rings. The van der Waals surface area contributed by atoms with Crippen LogP contribution in [-0.4, -0.2) is 58.2 Å². The summed E-state index contributed by atoms with van der Waals surface area (Å²) in [6, 6.07) is 6.41. The van der Waals surface area contributed by atoms with Crippen molar-refractivity contribution in [3.63, 3.8) is 0 Å². The summed E-state index contributed by atoms with van der Waals surface area (Å²) < 4.78 is 12.7. The van der Waals surface area contributed by atoms with Crippen LogP contribution >= 0.6 is 0 Å². The summed E-state index contributed by atoms with van der Waals surface area (Å²) in [6.45, 7) is 1.49. The van der Waals surface area contributed by atoms with E-state index in [0.29, 0.717) is 13.1 Å². The standard InChI is InChI=1S/C14H20FNO3/c15-11-5-3-10(4-6-11)2-1-7-16-8-12(17)14(19)13(18)9-16/h3-6,12-14,17-19H,1-2,7-9H2/t12-,13+,14?. The van der Waals surface area contributed by atoms with Crippen molar-refractivity contribution in [2.45, 2.75) is 31.2 Å². The minimum Gasteiger partial charge on any atom is -0.389 e. The third kappa shape index (κ3) is 3.98. The molecule has 1 saturated heterocycles. The Morgan fingerprint density at radius 2 is 1.63 bits per heavy atom. The van der Waals surface area contributed by atoms with Crippen LogP contribution in [0.15, 0.2) is 24.3 Å². The maximum absolute atomic E-state index is 12.7. The SMILES string of the molecule is OC1[C@H](O)CN(CCCc2ccc(F)cc2)C[C@@H]1O. The van der Waals surface area contributed by atoms with Crippen molar-refractivity contribution in [3.8, 4) is 0 Å². The van der Waals surface area contributed by atoms with Crippen LogP contribution in [0.5, 0.6) is 0 Å². The molecular formula is C14H20FNO3. The molecular weight excluding hydrogens is 249 g/mol. The zero-order chi connectivity index (χ0) is 13.8. The molecule has 0 radical (unpaired) electrons. The molecule has 1 aromatic carbocycles. The molecule has 1 unspecified atom stereocenters. The van der Waals surface area contributed by atoms with E-state index in [4.69, 9.17) is 0 Å². The molecule has 0 spiro atoms. The van der Waals surface area contributed by atoms with E-state index in [9.17, 15) is 19.7 Å². The Hall–Kier alpha value is -1.01. The van der Waals surface area contributed by atoms with E-state index in [0.717, 1.165) is 24.9 Å². The zero-order valence-corrected chi connectivity index (χ0v) is 10.7. The van der Waals surface area contributed by atoms with E-state index >= 15 is 0 Å². The minimum absolute atomic E-state index is 0.236. The lowest BCUT2D eigenvalue weighted by Crippen LogP contribution is -2.55. The number of aliphatic hydroxyl groups is 3. The fourth-order valence-electron chi connectivity index (χ4n) is 2.42. The Bertz CT molecular complexity index is 386. The van der Waals surface area contributed by atoms with Gasteiger partial charge in [-0.2, -0.15) is 0 Å². The van der Waals surface area contributed by atoms with Crippen molar-refractivity contribution >= 4 is 0 Å². The van der Waals surface area contributed by atoms with Crippen molar-refractivity contribution in [3.05, 3.63) is 35.6 Å². The van der Waals surface area contributed by atoms with E-state index in [1.807, 2.05) is 4.90 Å². The second-order valence-corrected chi connectivity index (χ2v) is 5.11. The Kier molecular flexibility index (Phi) is 4.87. The predicted octanol–water partition coefficient (Wildman–Crippen LogP) is 0.157. The van der Waals surface area contributed by atoms with Crippen LogP contribution in [0.4, 0.5) is 4.39 Å². The van der Waals surface area contributed by atoms with Gasteiger partial charge in [-0.1, -0.05) is 12.1 Å². The summed E-state index contributed by atoms with van der Waals surface area (Å²) in [5.41, 5.74) is 1.07. The van der Waals surface area contributed by atoms with Gasteiger partial charge in [0.2, 0.25) is 0 Å². The Labute approximate surface area is 112 Å². The molecule has 4 nitrogen and oxygen atoms in total. The smallest absolute Gasteiger partial charge is 0.123 e. The van der Waals surface area contributed by atoms with Crippen LogP contribution in [0.3, 0.4) is 0 Å². The van der Waals surface area contributed by atoms with Crippen molar-refractivity contribution in [2.75, 3.05) is 19.6 Å². The number of β-amino-alcohol motifs (C(OH)–C–C–N with tert-alkyl or cyclic N) is 2. The van der Waals surface area contributed by atoms with E-state index < -0.39 is 18.3 Å². The fourth-order valence-corrected chi connectivity index (χ4v) is 2.42. The van der Waals surface area contributed by atoms with Gasteiger partial charge in [0.15, 0.2) is 0 Å². The van der Waals surface area contributed by atoms with Crippen LogP contribution in [0.1, 0.15) is 12.0 Å². The van der Waals surface area contributed by atoms with E-state index in [2.05, 4.69) is 0 Å². The van der Waals surface area contributed by atoms with Gasteiger partial charge in [-0.25, -0.2) is 4.39 Å². The number of rotatable bonds is 4. The lowest BCUT2D eigenvalue weighted by atomic mass is 10.0. The summed E-state index contributed by atoms with van der Waals surface area (Å²) in [5, 5.41) is 28.6. The highest BCUT2D eigenvalue weighted by molar-refractivity contribution is 5.16. The maximum atomic E-state index is 12.7. The average Bonchev–Trinajstić information content (AvgIpc) is 2.38. The number of halogens is 1. The van der Waals surface area contributed by atoms with Crippen LogP contribution in [-0.2, 0) is 6.42 Å². The molecule has 0 saturated carbocycles. The topological polar surface area (TPSA) is 63.9 Å². The summed E-state index contributed by atoms with van der Waals surface area (Å²) in [7, 11) is 0. The van der Waals surface area contributed by atoms with Crippen molar-refractivity contribution in [2.24, 2.45) is 0 Å². The summed E-state index contributed by atoms with van der Waals surface area (Å²) in [5.74, 6) is -0.236. The van der Waals surface area contributed by atoms with Gasteiger partial charge in [0.25, 0.3) is 0 Å². The molecule has 19 heavy (non-hydrogen) atoms. The quantitative estimate of drug-likeness (QED) is 0.728. The minimum atomic E-state index is -1.05. The van der Waals surface area contributed by atoms with Gasteiger partial charge >= 0.3 is 0 Å². The Morgan fingerprint density at radius 1 is 1.05 bits per heavy atom. The van der Waals surface area contributed by atoms with Crippen LogP contribution in [0.25, 0.3) is 0 Å². The number of likely N-dealkylation sites (tertiary alicyclic amines) is 1. The van der Waals surface area contributed by atoms with Crippen molar-refractivity contribution in [1.29, 1.82) is 0 Å². The first-order valence-electron chi connectivity index (χ1n) is 6.57. The highest BCUT2D eigenvalue weighted by atomic mass is 19.1. The summed E-state index contributed by atoms with van der Waals surface area (Å²) in [4.78, 5) is 1.94. The highest BCUT2D eigenvalue weighted by Crippen LogP contribution is 2.13. The third-order valence-electron chi connectivity index (χ3n) is 3.53. The number of nitrogens with zero attached hydrogens (tertiary/aromatic N) is 1. The largest absolute Gasteiger partial charge is 0.389 e. The number of piperidine rings is 1. The molecule has 0 aromatic heterocycles. The number of aliphatic hydroxyl groups excluding tert-OH is 3. The molecule has 5 heteroatoms. The van der Waals surface area contributed by atoms with Gasteiger partial charge in [0.1, 0.15) is 11.9 Å². The van der Waals surface area contributed by atoms with Gasteiger partial charge in [-0.3, -0.25) is 4.90 Å². The molecule has 0 amide bonds. The van der Waals surface area contributed by atoms with Gasteiger partial charge < -0.3 is 15.3 Å². The molecule has 3 atom stereocenters. The molecule has 2 rings (SSSR count). The lowest BCUT2D eigenvalue weighted by Gasteiger charge is -2.36. The number of aryl methyl sites for hydroxylation is 1. The van der Waals surface area contributed by atoms with E-state index in [1.54, 1.807) is 12.1 Å². The van der Waals surface area contributed by atoms with Crippen LogP contribution < -0.4 is 0 Å². The average molecular weight is 269 g/mol. The van der Waals surface area contributed by atoms with Gasteiger partial charge in [0.05, 0.1) is 12.2 Å². The van der Waals surface area contributed by atoms with Gasteiger partial charge in [0, 0.05) is 13.1 Å². The number of hydrogen-bond acceptors (Lipinski definition) is 4. The Morgan fingerprint density at radius 3 is 2.21 bits per heavy atom. The molecule has 106 valence electrons. The summed E-state index contributed by atoms with van der Waals surface area (Å²) >= 11 is 0. The highest BCUT2D eigenvalue weighted by Gasteiger charge is 2.32. The monoisotopic (exact) mass is 269 g/mol. The fraction of sp³-hybridized carbons (Fsp3) is 0.571. The number of hydrogen-bond donors (Lipinski definition) is 3. The van der Waals surface area contributed by atoms with Gasteiger partial charge in [-0.15, -0.1) is 0 Å². The lowest BCUT2D eigenvalue weighted by molar-refractivity contribution is -0.109. The van der Waals surface area contributed by atoms with E-state index in [-0.39, 0.29) is 5.82 Å². The zero-order valence-electron chi connectivity index (χ0n) is 10.7. The van der Waals surface area contributed by atoms with Gasteiger partial charge in [-0.05, 0) is 37.1 Å².